The highest BCUT2D eigenvalue weighted by Gasteiger charge is 2.30. The lowest BCUT2D eigenvalue weighted by Gasteiger charge is -2.27. The maximum atomic E-state index is 12.5. The molecule has 210 valence electrons. The Morgan fingerprint density at radius 2 is 0.943 bits per heavy atom. The second-order valence-electron chi connectivity index (χ2n) is 10.9. The van der Waals surface area contributed by atoms with Gasteiger partial charge in [0.25, 0.3) is 0 Å². The molecule has 0 aromatic heterocycles. The SMILES string of the molecule is CCCCCCCCCCCCC(CCCCCCCCCC)CC(=O)OCC(CO)(CO)CO. The molecular formula is C30H60O5. The van der Waals surface area contributed by atoms with Gasteiger partial charge in [-0.05, 0) is 18.8 Å². The predicted octanol–water partition coefficient (Wildman–Crippen LogP) is 7.34. The Hall–Kier alpha value is -0.650. The molecule has 35 heavy (non-hydrogen) atoms. The van der Waals surface area contributed by atoms with Crippen LogP contribution >= 0.6 is 0 Å². The number of esters is 1. The van der Waals surface area contributed by atoms with E-state index in [1.807, 2.05) is 0 Å². The van der Waals surface area contributed by atoms with E-state index in [0.29, 0.717) is 12.3 Å². The monoisotopic (exact) mass is 500 g/mol. The summed E-state index contributed by atoms with van der Waals surface area (Å²) in [5.74, 6) is 0.0600. The van der Waals surface area contributed by atoms with E-state index in [9.17, 15) is 20.1 Å². The van der Waals surface area contributed by atoms with Crippen molar-refractivity contribution in [2.24, 2.45) is 11.3 Å². The van der Waals surface area contributed by atoms with Crippen molar-refractivity contribution in [3.05, 3.63) is 0 Å². The highest BCUT2D eigenvalue weighted by molar-refractivity contribution is 5.69. The summed E-state index contributed by atoms with van der Waals surface area (Å²) in [7, 11) is 0. The van der Waals surface area contributed by atoms with E-state index in [-0.39, 0.29) is 12.6 Å². The molecule has 0 aliphatic heterocycles. The molecule has 0 aliphatic rings. The van der Waals surface area contributed by atoms with Crippen LogP contribution in [0.1, 0.15) is 149 Å². The Morgan fingerprint density at radius 3 is 1.29 bits per heavy atom. The van der Waals surface area contributed by atoms with Crippen LogP contribution < -0.4 is 0 Å². The van der Waals surface area contributed by atoms with Crippen LogP contribution in [0.5, 0.6) is 0 Å². The van der Waals surface area contributed by atoms with Crippen LogP contribution in [0.3, 0.4) is 0 Å². The van der Waals surface area contributed by atoms with E-state index in [1.165, 1.54) is 109 Å². The van der Waals surface area contributed by atoms with E-state index in [4.69, 9.17) is 4.74 Å². The van der Waals surface area contributed by atoms with Gasteiger partial charge in [0.05, 0.1) is 25.2 Å². The minimum Gasteiger partial charge on any atom is -0.465 e. The maximum Gasteiger partial charge on any atom is 0.306 e. The Kier molecular flexibility index (Phi) is 24.6. The van der Waals surface area contributed by atoms with Gasteiger partial charge in [0.2, 0.25) is 0 Å². The minimum absolute atomic E-state index is 0.141. The Bertz CT molecular complexity index is 442. The molecule has 1 atom stereocenters. The van der Waals surface area contributed by atoms with Crippen LogP contribution in [0.15, 0.2) is 0 Å². The van der Waals surface area contributed by atoms with Crippen LogP contribution in [-0.2, 0) is 9.53 Å². The molecule has 0 amide bonds. The molecule has 0 heterocycles. The second kappa shape index (κ2) is 25.0. The van der Waals surface area contributed by atoms with Gasteiger partial charge in [-0.25, -0.2) is 0 Å². The highest BCUT2D eigenvalue weighted by atomic mass is 16.5. The molecule has 0 aliphatic carbocycles. The van der Waals surface area contributed by atoms with Crippen molar-refractivity contribution >= 4 is 5.97 Å². The lowest BCUT2D eigenvalue weighted by atomic mass is 9.91. The van der Waals surface area contributed by atoms with Crippen molar-refractivity contribution in [1.82, 2.24) is 0 Å². The Labute approximate surface area is 217 Å². The minimum atomic E-state index is -1.15. The number of aliphatic hydroxyl groups excluding tert-OH is 3. The first-order chi connectivity index (χ1) is 17.1. The number of ether oxygens (including phenoxy) is 1. The zero-order chi connectivity index (χ0) is 26.0. The fourth-order valence-electron chi connectivity index (χ4n) is 4.65. The van der Waals surface area contributed by atoms with Crippen LogP contribution in [0, 0.1) is 11.3 Å². The van der Waals surface area contributed by atoms with Crippen molar-refractivity contribution in [3.63, 3.8) is 0 Å². The zero-order valence-electron chi connectivity index (χ0n) is 23.4. The molecule has 5 nitrogen and oxygen atoms in total. The number of carbonyl (C=O) groups excluding carboxylic acids is 1. The van der Waals surface area contributed by atoms with Gasteiger partial charge in [-0.15, -0.1) is 0 Å². The third-order valence-corrected chi connectivity index (χ3v) is 7.43. The lowest BCUT2D eigenvalue weighted by molar-refractivity contribution is -0.152. The van der Waals surface area contributed by atoms with Gasteiger partial charge >= 0.3 is 5.97 Å². The lowest BCUT2D eigenvalue weighted by Crippen LogP contribution is -2.39. The number of hydrogen-bond acceptors (Lipinski definition) is 5. The van der Waals surface area contributed by atoms with Crippen LogP contribution in [0.4, 0.5) is 0 Å². The summed E-state index contributed by atoms with van der Waals surface area (Å²) in [6, 6.07) is 0. The van der Waals surface area contributed by atoms with Gasteiger partial charge in [0.1, 0.15) is 6.61 Å². The largest absolute Gasteiger partial charge is 0.465 e. The average Bonchev–Trinajstić information content (AvgIpc) is 2.87. The average molecular weight is 501 g/mol. The standard InChI is InChI=1S/C30H60O5/c1-3-5-7-9-11-13-14-16-18-20-22-28(21-19-17-15-12-10-8-6-4-2)23-29(34)35-27-30(24-31,25-32)26-33/h28,31-33H,3-27H2,1-2H3. The fourth-order valence-corrected chi connectivity index (χ4v) is 4.65. The molecule has 0 bridgehead atoms. The molecule has 1 unspecified atom stereocenters. The van der Waals surface area contributed by atoms with E-state index >= 15 is 0 Å². The number of carbonyl (C=O) groups is 1. The Morgan fingerprint density at radius 1 is 0.600 bits per heavy atom. The van der Waals surface area contributed by atoms with Gasteiger partial charge in [-0.1, -0.05) is 129 Å². The topological polar surface area (TPSA) is 87.0 Å². The first kappa shape index (κ1) is 34.4. The van der Waals surface area contributed by atoms with Gasteiger partial charge in [0.15, 0.2) is 0 Å². The van der Waals surface area contributed by atoms with Crippen molar-refractivity contribution in [2.45, 2.75) is 149 Å². The van der Waals surface area contributed by atoms with E-state index in [1.54, 1.807) is 0 Å². The van der Waals surface area contributed by atoms with E-state index in [0.717, 1.165) is 19.3 Å². The highest BCUT2D eigenvalue weighted by Crippen LogP contribution is 2.24. The maximum absolute atomic E-state index is 12.5. The summed E-state index contributed by atoms with van der Waals surface area (Å²) in [4.78, 5) is 12.5. The number of unbranched alkanes of at least 4 members (excludes halogenated alkanes) is 16. The third-order valence-electron chi connectivity index (χ3n) is 7.43. The molecule has 5 heteroatoms. The van der Waals surface area contributed by atoms with Gasteiger partial charge in [-0.3, -0.25) is 4.79 Å². The van der Waals surface area contributed by atoms with Crippen molar-refractivity contribution < 1.29 is 24.9 Å². The molecule has 3 N–H and O–H groups in total. The molecular weight excluding hydrogens is 440 g/mol. The molecule has 0 saturated carbocycles. The first-order valence-electron chi connectivity index (χ1n) is 15.1. The summed E-state index contributed by atoms with van der Waals surface area (Å²) >= 11 is 0. The quantitative estimate of drug-likeness (QED) is 0.0811. The van der Waals surface area contributed by atoms with Gasteiger partial charge in [-0.2, -0.15) is 0 Å². The van der Waals surface area contributed by atoms with Gasteiger partial charge in [0, 0.05) is 6.42 Å². The summed E-state index contributed by atoms with van der Waals surface area (Å²) in [5.41, 5.74) is -1.15. The third kappa shape index (κ3) is 20.1. The first-order valence-corrected chi connectivity index (χ1v) is 15.1. The summed E-state index contributed by atoms with van der Waals surface area (Å²) in [6.45, 7) is 3.14. The smallest absolute Gasteiger partial charge is 0.306 e. The normalized spacial score (nSPS) is 12.7. The molecule has 0 rings (SSSR count). The number of hydrogen-bond donors (Lipinski definition) is 3. The fraction of sp³-hybridized carbons (Fsp3) is 0.967. The molecule has 0 aromatic carbocycles. The second-order valence-corrected chi connectivity index (χ2v) is 10.9. The summed E-state index contributed by atoms with van der Waals surface area (Å²) in [5, 5.41) is 28.4. The van der Waals surface area contributed by atoms with E-state index < -0.39 is 25.2 Å². The number of rotatable bonds is 27. The molecule has 0 spiro atoms. The van der Waals surface area contributed by atoms with E-state index in [2.05, 4.69) is 13.8 Å². The molecule has 0 aromatic rings. The molecule has 0 fully saturated rings. The zero-order valence-corrected chi connectivity index (χ0v) is 23.4. The van der Waals surface area contributed by atoms with Crippen molar-refractivity contribution in [2.75, 3.05) is 26.4 Å². The van der Waals surface area contributed by atoms with Crippen LogP contribution in [0.25, 0.3) is 0 Å². The Balaban J connectivity index is 4.29. The van der Waals surface area contributed by atoms with Crippen LogP contribution in [-0.4, -0.2) is 47.7 Å². The predicted molar refractivity (Wildman–Crippen MR) is 146 cm³/mol. The van der Waals surface area contributed by atoms with Gasteiger partial charge < -0.3 is 20.1 Å². The molecule has 0 radical (unpaired) electrons. The number of aliphatic hydroxyl groups is 3. The van der Waals surface area contributed by atoms with Crippen molar-refractivity contribution in [1.29, 1.82) is 0 Å². The van der Waals surface area contributed by atoms with Crippen LogP contribution in [0.2, 0.25) is 0 Å². The van der Waals surface area contributed by atoms with Crippen molar-refractivity contribution in [3.8, 4) is 0 Å². The summed E-state index contributed by atoms with van der Waals surface area (Å²) < 4.78 is 5.37. The summed E-state index contributed by atoms with van der Waals surface area (Å²) in [6.07, 6.45) is 26.0. The molecule has 0 saturated heterocycles.